The van der Waals surface area contributed by atoms with Gasteiger partial charge in [0.15, 0.2) is 5.78 Å². The van der Waals surface area contributed by atoms with Crippen LogP contribution in [0, 0.1) is 6.92 Å². The van der Waals surface area contributed by atoms with Gasteiger partial charge in [-0.15, -0.1) is 11.3 Å². The quantitative estimate of drug-likeness (QED) is 0.692. The molecular weight excluding hydrogens is 244 g/mol. The number of carbonyl (C=O) groups is 3. The lowest BCUT2D eigenvalue weighted by atomic mass is 10.1. The summed E-state index contributed by atoms with van der Waals surface area (Å²) in [5, 5.41) is 11.6. The van der Waals surface area contributed by atoms with E-state index in [0.29, 0.717) is 5.56 Å². The van der Waals surface area contributed by atoms with Gasteiger partial charge in [0.1, 0.15) is 5.00 Å². The van der Waals surface area contributed by atoms with E-state index in [1.165, 1.54) is 13.8 Å². The summed E-state index contributed by atoms with van der Waals surface area (Å²) >= 11 is 0.933. The Balaban J connectivity index is 3.34. The zero-order valence-electron chi connectivity index (χ0n) is 9.36. The molecule has 17 heavy (non-hydrogen) atoms. The number of nitrogens with two attached hydrogens (primary N) is 1. The van der Waals surface area contributed by atoms with Crippen molar-refractivity contribution < 1.29 is 19.5 Å². The Morgan fingerprint density at radius 1 is 1.41 bits per heavy atom. The molecule has 92 valence electrons. The van der Waals surface area contributed by atoms with Gasteiger partial charge in [-0.25, -0.2) is 4.79 Å². The first kappa shape index (κ1) is 13.3. The molecule has 0 aliphatic heterocycles. The van der Waals surface area contributed by atoms with E-state index in [2.05, 4.69) is 5.32 Å². The molecule has 6 nitrogen and oxygen atoms in total. The lowest BCUT2D eigenvalue weighted by molar-refractivity contribution is -0.114. The van der Waals surface area contributed by atoms with Crippen molar-refractivity contribution >= 4 is 34.0 Å². The normalized spacial score (nSPS) is 10.1. The van der Waals surface area contributed by atoms with E-state index >= 15 is 0 Å². The highest BCUT2D eigenvalue weighted by Crippen LogP contribution is 2.33. The Hall–Kier alpha value is -1.73. The first-order valence-electron chi connectivity index (χ1n) is 4.76. The minimum atomic E-state index is -1.18. The van der Waals surface area contributed by atoms with Crippen LogP contribution >= 0.6 is 11.3 Å². The summed E-state index contributed by atoms with van der Waals surface area (Å²) in [6, 6.07) is 0. The van der Waals surface area contributed by atoms with Crippen LogP contribution in [0.1, 0.15) is 32.5 Å². The van der Waals surface area contributed by atoms with Gasteiger partial charge in [-0.05, 0) is 12.5 Å². The van der Waals surface area contributed by atoms with Crippen LogP contribution in [0.5, 0.6) is 0 Å². The van der Waals surface area contributed by atoms with Gasteiger partial charge in [0, 0.05) is 6.92 Å². The predicted octanol–water partition coefficient (Wildman–Crippen LogP) is 0.855. The lowest BCUT2D eigenvalue weighted by Gasteiger charge is -1.99. The van der Waals surface area contributed by atoms with Gasteiger partial charge in [0.2, 0.25) is 5.91 Å². The Kier molecular flexibility index (Phi) is 3.97. The van der Waals surface area contributed by atoms with Crippen molar-refractivity contribution in [3.8, 4) is 0 Å². The fourth-order valence-electron chi connectivity index (χ4n) is 1.38. The average Bonchev–Trinajstić information content (AvgIpc) is 2.53. The molecule has 0 aliphatic carbocycles. The molecule has 0 saturated carbocycles. The van der Waals surface area contributed by atoms with Crippen molar-refractivity contribution in [2.75, 3.05) is 11.9 Å². The molecule has 0 spiro atoms. The van der Waals surface area contributed by atoms with E-state index in [4.69, 9.17) is 10.8 Å². The molecule has 0 aromatic carbocycles. The van der Waals surface area contributed by atoms with Crippen molar-refractivity contribution in [3.05, 3.63) is 16.0 Å². The molecule has 0 atom stereocenters. The third-order valence-electron chi connectivity index (χ3n) is 2.09. The lowest BCUT2D eigenvalue weighted by Crippen LogP contribution is -2.13. The number of carboxylic acid groups (broad SMARTS) is 1. The number of amides is 1. The SMILES string of the molecule is CC(=O)Nc1sc(C(=O)CN)c(C)c1C(=O)O. The Labute approximate surface area is 101 Å². The second kappa shape index (κ2) is 5.07. The minimum Gasteiger partial charge on any atom is -0.478 e. The molecule has 1 rings (SSSR count). The predicted molar refractivity (Wildman–Crippen MR) is 63.7 cm³/mol. The highest BCUT2D eigenvalue weighted by molar-refractivity contribution is 7.18. The monoisotopic (exact) mass is 256 g/mol. The van der Waals surface area contributed by atoms with Crippen molar-refractivity contribution in [1.82, 2.24) is 0 Å². The summed E-state index contributed by atoms with van der Waals surface area (Å²) < 4.78 is 0. The number of rotatable bonds is 4. The molecule has 1 aromatic heterocycles. The number of carboxylic acids is 1. The van der Waals surface area contributed by atoms with Crippen LogP contribution in [0.3, 0.4) is 0 Å². The second-order valence-corrected chi connectivity index (χ2v) is 4.39. The fraction of sp³-hybridized carbons (Fsp3) is 0.300. The van der Waals surface area contributed by atoms with Crippen molar-refractivity contribution in [2.45, 2.75) is 13.8 Å². The van der Waals surface area contributed by atoms with Crippen LogP contribution in [0.2, 0.25) is 0 Å². The van der Waals surface area contributed by atoms with Crippen molar-refractivity contribution in [1.29, 1.82) is 0 Å². The van der Waals surface area contributed by atoms with Gasteiger partial charge in [-0.2, -0.15) is 0 Å². The van der Waals surface area contributed by atoms with Gasteiger partial charge in [-0.3, -0.25) is 9.59 Å². The van der Waals surface area contributed by atoms with Crippen LogP contribution < -0.4 is 11.1 Å². The first-order valence-corrected chi connectivity index (χ1v) is 5.57. The summed E-state index contributed by atoms with van der Waals surface area (Å²) in [7, 11) is 0. The van der Waals surface area contributed by atoms with Gasteiger partial charge in [0.05, 0.1) is 17.0 Å². The summed E-state index contributed by atoms with van der Waals surface area (Å²) in [6.07, 6.45) is 0. The second-order valence-electron chi connectivity index (χ2n) is 3.37. The standard InChI is InChI=1S/C10H12N2O4S/c1-4-7(10(15)16)9(12-5(2)13)17-8(4)6(14)3-11/h3,11H2,1-2H3,(H,12,13)(H,15,16). The molecule has 0 saturated heterocycles. The van der Waals surface area contributed by atoms with E-state index in [1.54, 1.807) is 0 Å². The largest absolute Gasteiger partial charge is 0.478 e. The average molecular weight is 256 g/mol. The van der Waals surface area contributed by atoms with Crippen LogP contribution in [0.4, 0.5) is 5.00 Å². The summed E-state index contributed by atoms with van der Waals surface area (Å²) in [4.78, 5) is 33.8. The smallest absolute Gasteiger partial charge is 0.339 e. The molecule has 0 fully saturated rings. The molecule has 1 aromatic rings. The number of carbonyl (C=O) groups excluding carboxylic acids is 2. The van der Waals surface area contributed by atoms with E-state index in [0.717, 1.165) is 11.3 Å². The number of anilines is 1. The first-order chi connectivity index (χ1) is 7.88. The third-order valence-corrected chi connectivity index (χ3v) is 3.34. The maximum Gasteiger partial charge on any atom is 0.339 e. The Morgan fingerprint density at radius 2 is 2.00 bits per heavy atom. The number of Topliss-reactive ketones (excluding diaryl/α,β-unsaturated/α-hetero) is 1. The minimum absolute atomic E-state index is 0.0537. The number of ketones is 1. The summed E-state index contributed by atoms with van der Waals surface area (Å²) in [6.45, 7) is 2.60. The van der Waals surface area contributed by atoms with Gasteiger partial charge in [-0.1, -0.05) is 0 Å². The maximum atomic E-state index is 11.5. The van der Waals surface area contributed by atoms with Crippen LogP contribution in [0.15, 0.2) is 0 Å². The van der Waals surface area contributed by atoms with Crippen LogP contribution in [0.25, 0.3) is 0 Å². The number of nitrogens with one attached hydrogen (secondary N) is 1. The fourth-order valence-corrected chi connectivity index (χ4v) is 2.57. The molecule has 7 heteroatoms. The summed E-state index contributed by atoms with van der Waals surface area (Å²) in [5.74, 6) is -1.91. The molecule has 0 bridgehead atoms. The van der Waals surface area contributed by atoms with Gasteiger partial charge in [0.25, 0.3) is 0 Å². The van der Waals surface area contributed by atoms with Crippen LogP contribution in [-0.4, -0.2) is 29.3 Å². The molecule has 0 aliphatic rings. The summed E-state index contributed by atoms with van der Waals surface area (Å²) in [5.41, 5.74) is 5.51. The number of aromatic carboxylic acids is 1. The Bertz CT molecular complexity index is 493. The topological polar surface area (TPSA) is 109 Å². The van der Waals surface area contributed by atoms with Crippen LogP contribution in [-0.2, 0) is 4.79 Å². The molecular formula is C10H12N2O4S. The van der Waals surface area contributed by atoms with E-state index in [9.17, 15) is 14.4 Å². The number of hydrogen-bond donors (Lipinski definition) is 3. The molecule has 0 unspecified atom stereocenters. The van der Waals surface area contributed by atoms with E-state index in [-0.39, 0.29) is 33.7 Å². The third kappa shape index (κ3) is 2.69. The molecule has 4 N–H and O–H groups in total. The Morgan fingerprint density at radius 3 is 2.41 bits per heavy atom. The highest BCUT2D eigenvalue weighted by atomic mass is 32.1. The number of hydrogen-bond acceptors (Lipinski definition) is 5. The number of thiophene rings is 1. The maximum absolute atomic E-state index is 11.5. The molecule has 1 heterocycles. The van der Waals surface area contributed by atoms with E-state index in [1.807, 2.05) is 0 Å². The zero-order chi connectivity index (χ0) is 13.2. The zero-order valence-corrected chi connectivity index (χ0v) is 10.2. The van der Waals surface area contributed by atoms with Crippen molar-refractivity contribution in [3.63, 3.8) is 0 Å². The van der Waals surface area contributed by atoms with Crippen molar-refractivity contribution in [2.24, 2.45) is 5.73 Å². The van der Waals surface area contributed by atoms with Gasteiger partial charge < -0.3 is 16.2 Å². The molecule has 1 amide bonds. The molecule has 0 radical (unpaired) electrons. The van der Waals surface area contributed by atoms with E-state index < -0.39 is 5.97 Å². The van der Waals surface area contributed by atoms with Gasteiger partial charge >= 0.3 is 5.97 Å². The highest BCUT2D eigenvalue weighted by Gasteiger charge is 2.24.